The number of hydrogen-bond donors (Lipinski definition) is 2. The highest BCUT2D eigenvalue weighted by molar-refractivity contribution is 6.30. The standard InChI is InChI=1S/C23H21ClN4O3/c24-16-9-7-15(8-10-16)20-14-18(17-4-1-2-5-19(17)25-20)23(31)27-26-21(29)11-13-28-12-3-6-22(28)30/h1-2,4-5,7-10,14H,3,6,11-13H2,(H,26,29)(H,27,31). The molecule has 158 valence electrons. The van der Waals surface area contributed by atoms with E-state index in [9.17, 15) is 14.4 Å². The number of likely N-dealkylation sites (tertiary alicyclic amines) is 1. The van der Waals surface area contributed by atoms with Crippen LogP contribution in [0.2, 0.25) is 5.02 Å². The minimum Gasteiger partial charge on any atom is -0.342 e. The van der Waals surface area contributed by atoms with E-state index in [1.54, 1.807) is 23.1 Å². The van der Waals surface area contributed by atoms with E-state index in [1.165, 1.54) is 0 Å². The molecule has 3 amide bonds. The SMILES string of the molecule is O=C(CCN1CCCC1=O)NNC(=O)c1cc(-c2ccc(Cl)cc2)nc2ccccc12. The van der Waals surface area contributed by atoms with Gasteiger partial charge in [0.05, 0.1) is 16.8 Å². The summed E-state index contributed by atoms with van der Waals surface area (Å²) in [7, 11) is 0. The minimum atomic E-state index is -0.445. The lowest BCUT2D eigenvalue weighted by Gasteiger charge is -2.15. The Hall–Kier alpha value is -3.45. The van der Waals surface area contributed by atoms with Crippen molar-refractivity contribution < 1.29 is 14.4 Å². The fraction of sp³-hybridized carbons (Fsp3) is 0.217. The van der Waals surface area contributed by atoms with Crippen molar-refractivity contribution in [3.05, 3.63) is 65.2 Å². The number of hydrazine groups is 1. The molecule has 0 saturated carbocycles. The normalized spacial score (nSPS) is 13.5. The van der Waals surface area contributed by atoms with Crippen LogP contribution in [0.5, 0.6) is 0 Å². The van der Waals surface area contributed by atoms with Gasteiger partial charge in [0.15, 0.2) is 0 Å². The molecule has 4 rings (SSSR count). The van der Waals surface area contributed by atoms with Gasteiger partial charge in [-0.05, 0) is 30.7 Å². The third kappa shape index (κ3) is 4.83. The number of amides is 3. The van der Waals surface area contributed by atoms with Gasteiger partial charge in [-0.3, -0.25) is 25.2 Å². The number of fused-ring (bicyclic) bond motifs is 1. The van der Waals surface area contributed by atoms with Crippen LogP contribution in [-0.2, 0) is 9.59 Å². The van der Waals surface area contributed by atoms with Gasteiger partial charge in [0, 0.05) is 41.9 Å². The summed E-state index contributed by atoms with van der Waals surface area (Å²) in [6.45, 7) is 1.02. The van der Waals surface area contributed by atoms with Gasteiger partial charge in [0.2, 0.25) is 11.8 Å². The maximum atomic E-state index is 12.9. The number of halogens is 1. The fourth-order valence-electron chi connectivity index (χ4n) is 3.57. The molecule has 0 atom stereocenters. The number of carbonyl (C=O) groups is 3. The summed E-state index contributed by atoms with van der Waals surface area (Å²) in [5.74, 6) is -0.737. The minimum absolute atomic E-state index is 0.0646. The summed E-state index contributed by atoms with van der Waals surface area (Å²) in [4.78, 5) is 43.0. The van der Waals surface area contributed by atoms with Crippen LogP contribution in [0.25, 0.3) is 22.2 Å². The van der Waals surface area contributed by atoms with E-state index >= 15 is 0 Å². The molecule has 0 radical (unpaired) electrons. The molecular formula is C23H21ClN4O3. The number of carbonyl (C=O) groups excluding carboxylic acids is 3. The lowest BCUT2D eigenvalue weighted by Crippen LogP contribution is -2.43. The summed E-state index contributed by atoms with van der Waals surface area (Å²) in [6.07, 6.45) is 1.48. The van der Waals surface area contributed by atoms with Crippen molar-refractivity contribution in [3.63, 3.8) is 0 Å². The second-order valence-electron chi connectivity index (χ2n) is 7.32. The zero-order valence-corrected chi connectivity index (χ0v) is 17.5. The Morgan fingerprint density at radius 1 is 1.06 bits per heavy atom. The molecule has 0 aliphatic carbocycles. The van der Waals surface area contributed by atoms with E-state index in [2.05, 4.69) is 15.8 Å². The number of pyridine rings is 1. The van der Waals surface area contributed by atoms with Gasteiger partial charge in [-0.15, -0.1) is 0 Å². The highest BCUT2D eigenvalue weighted by Crippen LogP contribution is 2.25. The molecule has 2 N–H and O–H groups in total. The fourth-order valence-corrected chi connectivity index (χ4v) is 3.69. The number of benzene rings is 2. The number of aromatic nitrogens is 1. The predicted molar refractivity (Wildman–Crippen MR) is 118 cm³/mol. The quantitative estimate of drug-likeness (QED) is 0.600. The van der Waals surface area contributed by atoms with Crippen molar-refractivity contribution in [2.45, 2.75) is 19.3 Å². The molecule has 2 heterocycles. The van der Waals surface area contributed by atoms with E-state index in [0.717, 1.165) is 12.0 Å². The van der Waals surface area contributed by atoms with Gasteiger partial charge in [-0.25, -0.2) is 4.98 Å². The zero-order chi connectivity index (χ0) is 21.8. The second kappa shape index (κ2) is 9.14. The van der Waals surface area contributed by atoms with Gasteiger partial charge in [0.1, 0.15) is 0 Å². The van der Waals surface area contributed by atoms with Crippen LogP contribution in [0.15, 0.2) is 54.6 Å². The lowest BCUT2D eigenvalue weighted by atomic mass is 10.0. The van der Waals surface area contributed by atoms with Crippen LogP contribution in [0, 0.1) is 0 Å². The first-order valence-corrected chi connectivity index (χ1v) is 10.4. The maximum absolute atomic E-state index is 12.9. The summed E-state index contributed by atoms with van der Waals surface area (Å²) in [5, 5.41) is 1.29. The first-order valence-electron chi connectivity index (χ1n) is 10.0. The van der Waals surface area contributed by atoms with Gasteiger partial charge in [-0.2, -0.15) is 0 Å². The first kappa shape index (κ1) is 20.8. The third-order valence-electron chi connectivity index (χ3n) is 5.20. The zero-order valence-electron chi connectivity index (χ0n) is 16.7. The number of nitrogens with one attached hydrogen (secondary N) is 2. The first-order chi connectivity index (χ1) is 15.0. The monoisotopic (exact) mass is 436 g/mol. The van der Waals surface area contributed by atoms with Crippen molar-refractivity contribution >= 4 is 40.2 Å². The van der Waals surface area contributed by atoms with E-state index in [0.29, 0.717) is 46.7 Å². The Kier molecular flexibility index (Phi) is 6.13. The van der Waals surface area contributed by atoms with Gasteiger partial charge in [0.25, 0.3) is 5.91 Å². The van der Waals surface area contributed by atoms with Crippen molar-refractivity contribution in [1.29, 1.82) is 0 Å². The molecule has 1 saturated heterocycles. The molecule has 1 aliphatic heterocycles. The highest BCUT2D eigenvalue weighted by atomic mass is 35.5. The molecule has 2 aromatic carbocycles. The molecule has 1 aromatic heterocycles. The number of nitrogens with zero attached hydrogens (tertiary/aromatic N) is 2. The average Bonchev–Trinajstić information content (AvgIpc) is 3.20. The van der Waals surface area contributed by atoms with Crippen LogP contribution in [-0.4, -0.2) is 40.7 Å². The smallest absolute Gasteiger partial charge is 0.270 e. The van der Waals surface area contributed by atoms with Crippen LogP contribution in [0.1, 0.15) is 29.6 Å². The van der Waals surface area contributed by atoms with E-state index in [-0.39, 0.29) is 18.2 Å². The van der Waals surface area contributed by atoms with Crippen molar-refractivity contribution in [2.24, 2.45) is 0 Å². The predicted octanol–water partition coefficient (Wildman–Crippen LogP) is 3.33. The van der Waals surface area contributed by atoms with Crippen LogP contribution in [0.3, 0.4) is 0 Å². The molecule has 0 bridgehead atoms. The van der Waals surface area contributed by atoms with Gasteiger partial charge >= 0.3 is 0 Å². The molecular weight excluding hydrogens is 416 g/mol. The van der Waals surface area contributed by atoms with Crippen LogP contribution in [0.4, 0.5) is 0 Å². The van der Waals surface area contributed by atoms with E-state index < -0.39 is 5.91 Å². The molecule has 8 heteroatoms. The Morgan fingerprint density at radius 2 is 1.84 bits per heavy atom. The van der Waals surface area contributed by atoms with Gasteiger partial charge in [-0.1, -0.05) is 41.9 Å². The molecule has 31 heavy (non-hydrogen) atoms. The molecule has 3 aromatic rings. The summed E-state index contributed by atoms with van der Waals surface area (Å²) in [5.41, 5.74) is 7.42. The topological polar surface area (TPSA) is 91.4 Å². The second-order valence-corrected chi connectivity index (χ2v) is 7.75. The van der Waals surface area contributed by atoms with Gasteiger partial charge < -0.3 is 4.90 Å². The number of para-hydroxylation sites is 1. The summed E-state index contributed by atoms with van der Waals surface area (Å²) in [6, 6.07) is 16.2. The Balaban J connectivity index is 1.49. The van der Waals surface area contributed by atoms with Crippen molar-refractivity contribution in [3.8, 4) is 11.3 Å². The Morgan fingerprint density at radius 3 is 2.58 bits per heavy atom. The summed E-state index contributed by atoms with van der Waals surface area (Å²) < 4.78 is 0. The number of hydrogen-bond acceptors (Lipinski definition) is 4. The van der Waals surface area contributed by atoms with E-state index in [4.69, 9.17) is 11.6 Å². The Labute approximate surface area is 184 Å². The van der Waals surface area contributed by atoms with E-state index in [1.807, 2.05) is 36.4 Å². The molecule has 0 spiro atoms. The molecule has 7 nitrogen and oxygen atoms in total. The maximum Gasteiger partial charge on any atom is 0.270 e. The third-order valence-corrected chi connectivity index (χ3v) is 5.45. The largest absolute Gasteiger partial charge is 0.342 e. The molecule has 1 aliphatic rings. The summed E-state index contributed by atoms with van der Waals surface area (Å²) >= 11 is 5.98. The lowest BCUT2D eigenvalue weighted by molar-refractivity contribution is -0.128. The number of rotatable bonds is 5. The molecule has 0 unspecified atom stereocenters. The van der Waals surface area contributed by atoms with Crippen molar-refractivity contribution in [1.82, 2.24) is 20.7 Å². The average molecular weight is 437 g/mol. The molecule has 1 fully saturated rings. The highest BCUT2D eigenvalue weighted by Gasteiger charge is 2.21. The van der Waals surface area contributed by atoms with Crippen LogP contribution >= 0.6 is 11.6 Å². The van der Waals surface area contributed by atoms with Crippen molar-refractivity contribution in [2.75, 3.05) is 13.1 Å². The van der Waals surface area contributed by atoms with Crippen LogP contribution < -0.4 is 10.9 Å². The Bertz CT molecular complexity index is 1150.